The Morgan fingerprint density at radius 2 is 1.49 bits per heavy atom. The number of aliphatic imine (C=N–C) groups is 1. The van der Waals surface area contributed by atoms with Gasteiger partial charge in [-0.3, -0.25) is 9.89 Å². The third kappa shape index (κ3) is 8.66. The van der Waals surface area contributed by atoms with Gasteiger partial charge in [-0.15, -0.1) is 0 Å². The van der Waals surface area contributed by atoms with Gasteiger partial charge in [-0.1, -0.05) is 36.0 Å². The van der Waals surface area contributed by atoms with E-state index < -0.39 is 41.5 Å². The summed E-state index contributed by atoms with van der Waals surface area (Å²) in [6, 6.07) is 15.0. The van der Waals surface area contributed by atoms with Crippen molar-refractivity contribution < 1.29 is 38.0 Å². The van der Waals surface area contributed by atoms with Gasteiger partial charge in [0.25, 0.3) is 0 Å². The van der Waals surface area contributed by atoms with Gasteiger partial charge in [0.05, 0.1) is 40.8 Å². The number of methoxy groups -OCH3 is 3. The van der Waals surface area contributed by atoms with Gasteiger partial charge in [-0.25, -0.2) is 4.79 Å². The lowest BCUT2D eigenvalue weighted by atomic mass is 9.97. The Bertz CT molecular complexity index is 1250. The zero-order valence-corrected chi connectivity index (χ0v) is 26.7. The number of amides is 1. The molecule has 0 radical (unpaired) electrons. The summed E-state index contributed by atoms with van der Waals surface area (Å²) in [6.45, 7) is 8.43. The second kappa shape index (κ2) is 15.0. The maximum atomic E-state index is 13.1. The number of ether oxygens (including phenoxy) is 7. The molecule has 1 amide bonds. The molecule has 2 aliphatic rings. The molecule has 2 aliphatic heterocycles. The van der Waals surface area contributed by atoms with Crippen LogP contribution in [0.15, 0.2) is 65.9 Å². The fourth-order valence-corrected chi connectivity index (χ4v) is 5.92. The van der Waals surface area contributed by atoms with Crippen LogP contribution in [0.25, 0.3) is 0 Å². The second-order valence-electron chi connectivity index (χ2n) is 11.0. The molecule has 0 bridgehead atoms. The van der Waals surface area contributed by atoms with Gasteiger partial charge >= 0.3 is 6.09 Å². The van der Waals surface area contributed by atoms with E-state index in [2.05, 4.69) is 0 Å². The first-order valence-corrected chi connectivity index (χ1v) is 15.1. The fourth-order valence-electron chi connectivity index (χ4n) is 4.66. The number of carbonyl (C=O) groups is 1. The minimum atomic E-state index is -0.641. The lowest BCUT2D eigenvalue weighted by Gasteiger charge is -2.41. The molecule has 43 heavy (non-hydrogen) atoms. The SMILES string of the molecule is CCN(C(=O)OC(C)(C)C)C1=N[C@@H]2[C@@H](OCc3ccc(OC)cc3)[C@H](OCc3ccc(OC)cc3)[C@@H](/C=C/OC)O[C@@H]2S1. The second-order valence-corrected chi connectivity index (χ2v) is 12.1. The zero-order valence-electron chi connectivity index (χ0n) is 25.9. The van der Waals surface area contributed by atoms with Crippen molar-refractivity contribution in [2.24, 2.45) is 4.99 Å². The topological polar surface area (TPSA) is 97.3 Å². The van der Waals surface area contributed by atoms with Gasteiger partial charge in [0.1, 0.15) is 46.9 Å². The van der Waals surface area contributed by atoms with E-state index in [1.807, 2.05) is 82.3 Å². The normalized spacial score (nSPS) is 23.4. The molecule has 0 saturated carbocycles. The van der Waals surface area contributed by atoms with E-state index in [0.717, 1.165) is 22.6 Å². The van der Waals surface area contributed by atoms with Gasteiger partial charge in [-0.05, 0) is 69.2 Å². The zero-order chi connectivity index (χ0) is 31.0. The molecule has 4 rings (SSSR count). The van der Waals surface area contributed by atoms with Gasteiger partial charge in [0.2, 0.25) is 0 Å². The standard InChI is InChI=1S/C32H42N2O8S/c1-8-34(31(35)42-32(2,3)4)30-33-26-28(40-20-22-11-15-24(38-7)16-12-22)27(25(17-18-36-5)41-29(26)43-30)39-19-21-9-13-23(37-6)14-10-21/h9-18,25-29H,8,19-20H2,1-7H3/b18-17+/t25-,26-,27-,28-,29-/m1/s1. The summed E-state index contributed by atoms with van der Waals surface area (Å²) in [5.41, 5.74) is 0.886. The van der Waals surface area contributed by atoms with Crippen molar-refractivity contribution in [3.63, 3.8) is 0 Å². The van der Waals surface area contributed by atoms with Gasteiger partial charge in [-0.2, -0.15) is 0 Å². The van der Waals surface area contributed by atoms with E-state index in [1.165, 1.54) is 16.7 Å². The summed E-state index contributed by atoms with van der Waals surface area (Å²) in [5, 5.41) is 0.523. The minimum Gasteiger partial charge on any atom is -0.505 e. The minimum absolute atomic E-state index is 0.317. The summed E-state index contributed by atoms with van der Waals surface area (Å²) in [5.74, 6) is 1.54. The maximum absolute atomic E-state index is 13.1. The van der Waals surface area contributed by atoms with Gasteiger partial charge in [0, 0.05) is 6.54 Å². The molecular weight excluding hydrogens is 572 g/mol. The highest BCUT2D eigenvalue weighted by Crippen LogP contribution is 2.41. The van der Waals surface area contributed by atoms with Crippen LogP contribution in [0.4, 0.5) is 4.79 Å². The molecular formula is C32H42N2O8S. The highest BCUT2D eigenvalue weighted by molar-refractivity contribution is 8.14. The molecule has 10 nitrogen and oxygen atoms in total. The van der Waals surface area contributed by atoms with Crippen molar-refractivity contribution in [3.05, 3.63) is 72.0 Å². The third-order valence-corrected chi connectivity index (χ3v) is 7.96. The highest BCUT2D eigenvalue weighted by atomic mass is 32.2. The first-order valence-electron chi connectivity index (χ1n) is 14.2. The van der Waals surface area contributed by atoms with Crippen LogP contribution in [-0.4, -0.2) is 79.4 Å². The van der Waals surface area contributed by atoms with E-state index in [0.29, 0.717) is 24.9 Å². The Labute approximate surface area is 258 Å². The number of rotatable bonds is 11. The first-order chi connectivity index (χ1) is 20.6. The molecule has 234 valence electrons. The quantitative estimate of drug-likeness (QED) is 0.292. The number of nitrogens with zero attached hydrogens (tertiary/aromatic N) is 2. The largest absolute Gasteiger partial charge is 0.505 e. The van der Waals surface area contributed by atoms with E-state index in [-0.39, 0.29) is 0 Å². The average molecular weight is 615 g/mol. The molecule has 11 heteroatoms. The Kier molecular flexibility index (Phi) is 11.4. The predicted molar refractivity (Wildman–Crippen MR) is 165 cm³/mol. The van der Waals surface area contributed by atoms with E-state index >= 15 is 0 Å². The monoisotopic (exact) mass is 614 g/mol. The van der Waals surface area contributed by atoms with Crippen molar-refractivity contribution in [2.75, 3.05) is 27.9 Å². The molecule has 2 aromatic rings. The molecule has 0 unspecified atom stereocenters. The highest BCUT2D eigenvalue weighted by Gasteiger charge is 2.51. The van der Waals surface area contributed by atoms with Crippen molar-refractivity contribution in [3.8, 4) is 11.5 Å². The maximum Gasteiger partial charge on any atom is 0.416 e. The Hall–Kier alpha value is -3.25. The van der Waals surface area contributed by atoms with Crippen LogP contribution in [0.1, 0.15) is 38.8 Å². The van der Waals surface area contributed by atoms with E-state index in [1.54, 1.807) is 27.6 Å². The molecule has 0 aliphatic carbocycles. The third-order valence-electron chi connectivity index (χ3n) is 6.80. The molecule has 1 fully saturated rings. The van der Waals surface area contributed by atoms with E-state index in [4.69, 9.17) is 38.2 Å². The number of hydrogen-bond donors (Lipinski definition) is 0. The van der Waals surface area contributed by atoms with Gasteiger partial charge < -0.3 is 33.2 Å². The van der Waals surface area contributed by atoms with Crippen LogP contribution in [0, 0.1) is 0 Å². The molecule has 1 saturated heterocycles. The summed E-state index contributed by atoms with van der Waals surface area (Å²) in [6.07, 6.45) is 1.40. The number of hydrogen-bond acceptors (Lipinski definition) is 10. The van der Waals surface area contributed by atoms with Crippen LogP contribution in [-0.2, 0) is 36.9 Å². The van der Waals surface area contributed by atoms with Crippen LogP contribution < -0.4 is 9.47 Å². The molecule has 2 heterocycles. The van der Waals surface area contributed by atoms with Crippen molar-refractivity contribution >= 4 is 23.0 Å². The van der Waals surface area contributed by atoms with Crippen LogP contribution in [0.3, 0.4) is 0 Å². The molecule has 0 N–H and O–H groups in total. The molecule has 2 aromatic carbocycles. The van der Waals surface area contributed by atoms with E-state index in [9.17, 15) is 4.79 Å². The van der Waals surface area contributed by atoms with Crippen molar-refractivity contribution in [1.82, 2.24) is 4.90 Å². The summed E-state index contributed by atoms with van der Waals surface area (Å²) < 4.78 is 41.2. The summed E-state index contributed by atoms with van der Waals surface area (Å²) in [4.78, 5) is 19.6. The number of carbonyl (C=O) groups excluding carboxylic acids is 1. The van der Waals surface area contributed by atoms with Gasteiger partial charge in [0.15, 0.2) is 5.17 Å². The molecule has 0 spiro atoms. The number of thioether (sulfide) groups is 1. The molecule has 5 atom stereocenters. The number of fused-ring (bicyclic) bond motifs is 1. The van der Waals surface area contributed by atoms with Crippen LogP contribution in [0.2, 0.25) is 0 Å². The number of amidine groups is 1. The number of benzene rings is 2. The summed E-state index contributed by atoms with van der Waals surface area (Å²) in [7, 11) is 4.85. The van der Waals surface area contributed by atoms with Crippen LogP contribution in [0.5, 0.6) is 11.5 Å². The Morgan fingerprint density at radius 1 is 0.930 bits per heavy atom. The average Bonchev–Trinajstić information content (AvgIpc) is 3.41. The smallest absolute Gasteiger partial charge is 0.416 e. The fraction of sp³-hybridized carbons (Fsp3) is 0.500. The van der Waals surface area contributed by atoms with Crippen LogP contribution >= 0.6 is 11.8 Å². The lowest BCUT2D eigenvalue weighted by molar-refractivity contribution is -0.184. The Balaban J connectivity index is 1.63. The Morgan fingerprint density at radius 3 is 1.98 bits per heavy atom. The van der Waals surface area contributed by atoms with Crippen molar-refractivity contribution in [2.45, 2.75) is 76.3 Å². The lowest BCUT2D eigenvalue weighted by Crippen LogP contribution is -2.56. The van der Waals surface area contributed by atoms with Crippen molar-refractivity contribution in [1.29, 1.82) is 0 Å². The first kappa shape index (κ1) is 32.7. The predicted octanol–water partition coefficient (Wildman–Crippen LogP) is 5.79. The summed E-state index contributed by atoms with van der Waals surface area (Å²) >= 11 is 1.38. The molecule has 0 aromatic heterocycles.